The highest BCUT2D eigenvalue weighted by molar-refractivity contribution is 7.47. The number of carbonyl (C=O) groups excluding carboxylic acids is 1. The first kappa shape index (κ1) is 75.2. The normalized spacial score (nSPS) is 13.7. The fourth-order valence-corrected chi connectivity index (χ4v) is 11.4. The van der Waals surface area contributed by atoms with Gasteiger partial charge in [-0.2, -0.15) is 0 Å². The van der Waals surface area contributed by atoms with Crippen LogP contribution in [0.25, 0.3) is 0 Å². The number of carbonyl (C=O) groups is 1. The molecule has 0 heterocycles. The second-order valence-electron chi connectivity index (χ2n) is 24.9. The molecule has 0 aliphatic heterocycles. The number of phosphoric acid groups is 1. The maximum Gasteiger partial charge on any atom is 0.472 e. The first-order valence-corrected chi connectivity index (χ1v) is 35.6. The van der Waals surface area contributed by atoms with Crippen molar-refractivity contribution in [3.8, 4) is 0 Å². The molecule has 3 atom stereocenters. The molecule has 0 rings (SSSR count). The van der Waals surface area contributed by atoms with Gasteiger partial charge in [-0.1, -0.05) is 347 Å². The molecule has 0 saturated carbocycles. The number of likely N-dealkylation sites (N-methyl/N-ethyl adjacent to an activating group) is 1. The molecule has 0 aliphatic rings. The summed E-state index contributed by atoms with van der Waals surface area (Å²) in [7, 11) is 1.59. The van der Waals surface area contributed by atoms with E-state index in [-0.39, 0.29) is 19.1 Å². The molecule has 454 valence electrons. The minimum atomic E-state index is -4.34. The number of aliphatic hydroxyl groups excluding tert-OH is 1. The fourth-order valence-electron chi connectivity index (χ4n) is 10.7. The zero-order valence-electron chi connectivity index (χ0n) is 52.0. The maximum absolute atomic E-state index is 13.0. The van der Waals surface area contributed by atoms with Crippen LogP contribution < -0.4 is 5.32 Å². The van der Waals surface area contributed by atoms with E-state index in [1.54, 1.807) is 6.08 Å². The lowest BCUT2D eigenvalue weighted by atomic mass is 10.0. The molecule has 1 amide bonds. The van der Waals surface area contributed by atoms with Gasteiger partial charge in [0.15, 0.2) is 0 Å². The number of amides is 1. The summed E-state index contributed by atoms with van der Waals surface area (Å²) in [4.78, 5) is 23.4. The molecule has 8 nitrogen and oxygen atoms in total. The topological polar surface area (TPSA) is 105 Å². The van der Waals surface area contributed by atoms with Crippen LogP contribution in [0.5, 0.6) is 0 Å². The van der Waals surface area contributed by atoms with Crippen LogP contribution in [-0.4, -0.2) is 73.4 Å². The second-order valence-corrected chi connectivity index (χ2v) is 26.4. The molecule has 0 radical (unpaired) electrons. The van der Waals surface area contributed by atoms with E-state index in [2.05, 4.69) is 19.2 Å². The van der Waals surface area contributed by atoms with Crippen molar-refractivity contribution >= 4 is 13.7 Å². The number of hydrogen-bond donors (Lipinski definition) is 3. The van der Waals surface area contributed by atoms with E-state index < -0.39 is 20.0 Å². The van der Waals surface area contributed by atoms with E-state index >= 15 is 0 Å². The van der Waals surface area contributed by atoms with Gasteiger partial charge >= 0.3 is 7.82 Å². The molecule has 3 N–H and O–H groups in total. The van der Waals surface area contributed by atoms with Gasteiger partial charge < -0.3 is 19.8 Å². The van der Waals surface area contributed by atoms with Gasteiger partial charge in [0.05, 0.1) is 39.9 Å². The molecule has 0 aromatic heterocycles. The molecule has 0 fully saturated rings. The molecule has 3 unspecified atom stereocenters. The lowest BCUT2D eigenvalue weighted by Gasteiger charge is -2.25. The third kappa shape index (κ3) is 60.9. The van der Waals surface area contributed by atoms with Crippen molar-refractivity contribution in [3.63, 3.8) is 0 Å². The monoisotopic (exact) mass is 1100 g/mol. The highest BCUT2D eigenvalue weighted by Gasteiger charge is 2.28. The molecule has 9 heteroatoms. The summed E-state index contributed by atoms with van der Waals surface area (Å²) < 4.78 is 23.8. The molecular weight excluding hydrogens is 960 g/mol. The Hall–Kier alpha value is -0.760. The van der Waals surface area contributed by atoms with Gasteiger partial charge in [-0.3, -0.25) is 13.8 Å². The SMILES string of the molecule is CCCCCCCCCCCCCCCCC/C=C/C(O)C(COP(=O)(O)OCC[N+](C)(C)C)NC(=O)CCCCCCCCCCCCCCCCCCCCCCCCCCCCCCCCCCCCCCC. The minimum absolute atomic E-state index is 0.0653. The predicted molar refractivity (Wildman–Crippen MR) is 332 cm³/mol. The van der Waals surface area contributed by atoms with Gasteiger partial charge in [0, 0.05) is 6.42 Å². The summed E-state index contributed by atoms with van der Waals surface area (Å²) in [5.74, 6) is -0.168. The number of quaternary nitrogens is 1. The van der Waals surface area contributed by atoms with Crippen LogP contribution in [0.2, 0.25) is 0 Å². The molecule has 0 saturated heterocycles. The first-order chi connectivity index (χ1) is 37.0. The van der Waals surface area contributed by atoms with E-state index in [0.29, 0.717) is 17.4 Å². The van der Waals surface area contributed by atoms with Gasteiger partial charge in [-0.25, -0.2) is 4.57 Å². The van der Waals surface area contributed by atoms with Gasteiger partial charge in [0.2, 0.25) is 5.91 Å². The molecule has 0 aromatic carbocycles. The van der Waals surface area contributed by atoms with Crippen molar-refractivity contribution in [2.45, 2.75) is 373 Å². The van der Waals surface area contributed by atoms with Crippen LogP contribution in [-0.2, 0) is 18.4 Å². The summed E-state index contributed by atoms with van der Waals surface area (Å²) in [6, 6.07) is -0.842. The smallest absolute Gasteiger partial charge is 0.387 e. The largest absolute Gasteiger partial charge is 0.472 e. The minimum Gasteiger partial charge on any atom is -0.387 e. The van der Waals surface area contributed by atoms with Crippen LogP contribution >= 0.6 is 7.82 Å². The van der Waals surface area contributed by atoms with Gasteiger partial charge in [-0.05, 0) is 19.3 Å². The van der Waals surface area contributed by atoms with Crippen LogP contribution in [0, 0.1) is 0 Å². The van der Waals surface area contributed by atoms with Gasteiger partial charge in [0.1, 0.15) is 13.2 Å². The summed E-state index contributed by atoms with van der Waals surface area (Å²) in [5.41, 5.74) is 0. The van der Waals surface area contributed by atoms with Crippen molar-refractivity contribution < 1.29 is 32.9 Å². The molecular formula is C67H136N2O6P+. The number of hydrogen-bond acceptors (Lipinski definition) is 5. The summed E-state index contributed by atoms with van der Waals surface area (Å²) in [5, 5.41) is 14.0. The van der Waals surface area contributed by atoms with Crippen molar-refractivity contribution in [2.75, 3.05) is 40.9 Å². The Bertz CT molecular complexity index is 1240. The van der Waals surface area contributed by atoms with E-state index in [0.717, 1.165) is 32.1 Å². The number of nitrogens with zero attached hydrogens (tertiary/aromatic N) is 1. The number of aliphatic hydroxyl groups is 1. The van der Waals surface area contributed by atoms with E-state index in [4.69, 9.17) is 9.05 Å². The van der Waals surface area contributed by atoms with Crippen molar-refractivity contribution in [3.05, 3.63) is 12.2 Å². The standard InChI is InChI=1S/C67H135N2O6P/c1-6-8-10-12-14-16-18-20-22-24-25-26-27-28-29-30-31-32-33-34-35-36-37-38-39-40-41-42-43-45-47-49-51-53-55-57-59-61-67(71)68-65(64-75-76(72,73)74-63-62-69(3,4)5)66(70)60-58-56-54-52-50-48-46-44-23-21-19-17-15-13-11-9-7-2/h58,60,65-66,70H,6-57,59,61-64H2,1-5H3,(H-,68,71,72,73)/p+1/b60-58+. The molecule has 0 spiro atoms. The van der Waals surface area contributed by atoms with Crippen LogP contribution in [0.3, 0.4) is 0 Å². The molecule has 0 bridgehead atoms. The van der Waals surface area contributed by atoms with Crippen LogP contribution in [0.1, 0.15) is 361 Å². The van der Waals surface area contributed by atoms with Crippen molar-refractivity contribution in [2.24, 2.45) is 0 Å². The highest BCUT2D eigenvalue weighted by Crippen LogP contribution is 2.43. The lowest BCUT2D eigenvalue weighted by Crippen LogP contribution is -2.45. The highest BCUT2D eigenvalue weighted by atomic mass is 31.2. The number of allylic oxidation sites excluding steroid dienone is 1. The molecule has 0 aromatic rings. The summed E-state index contributed by atoms with van der Waals surface area (Å²) in [6.07, 6.45) is 75.1. The second kappa shape index (κ2) is 58.9. The number of phosphoric ester groups is 1. The van der Waals surface area contributed by atoms with E-state index in [1.165, 1.54) is 308 Å². The number of rotatable bonds is 64. The third-order valence-corrected chi connectivity index (χ3v) is 17.0. The fraction of sp³-hybridized carbons (Fsp3) is 0.955. The zero-order chi connectivity index (χ0) is 55.6. The van der Waals surface area contributed by atoms with Gasteiger partial charge in [-0.15, -0.1) is 0 Å². The van der Waals surface area contributed by atoms with E-state index in [9.17, 15) is 19.4 Å². The van der Waals surface area contributed by atoms with Gasteiger partial charge in [0.25, 0.3) is 0 Å². The molecule has 0 aliphatic carbocycles. The van der Waals surface area contributed by atoms with Crippen molar-refractivity contribution in [1.82, 2.24) is 5.32 Å². The quantitative estimate of drug-likeness (QED) is 0.0243. The summed E-state index contributed by atoms with van der Waals surface area (Å²) in [6.45, 7) is 4.88. The Morgan fingerprint density at radius 1 is 0.434 bits per heavy atom. The number of nitrogens with one attached hydrogen (secondary N) is 1. The van der Waals surface area contributed by atoms with Crippen molar-refractivity contribution in [1.29, 1.82) is 0 Å². The molecule has 76 heavy (non-hydrogen) atoms. The van der Waals surface area contributed by atoms with Crippen LogP contribution in [0.15, 0.2) is 12.2 Å². The maximum atomic E-state index is 13.0. The van der Waals surface area contributed by atoms with Crippen LogP contribution in [0.4, 0.5) is 0 Å². The Kier molecular flexibility index (Phi) is 58.3. The Morgan fingerprint density at radius 2 is 0.697 bits per heavy atom. The first-order valence-electron chi connectivity index (χ1n) is 34.1. The summed E-state index contributed by atoms with van der Waals surface area (Å²) >= 11 is 0. The number of unbranched alkanes of at least 4 members (excludes halogenated alkanes) is 51. The Balaban J connectivity index is 3.90. The Morgan fingerprint density at radius 3 is 0.974 bits per heavy atom. The average Bonchev–Trinajstić information content (AvgIpc) is 3.38. The lowest BCUT2D eigenvalue weighted by molar-refractivity contribution is -0.870. The zero-order valence-corrected chi connectivity index (χ0v) is 52.9. The van der Waals surface area contributed by atoms with E-state index in [1.807, 2.05) is 27.2 Å². The third-order valence-electron chi connectivity index (χ3n) is 16.0. The predicted octanol–water partition coefficient (Wildman–Crippen LogP) is 21.3. The Labute approximate surface area is 475 Å². The average molecular weight is 1100 g/mol.